The fraction of sp³-hybridized carbons (Fsp3) is 0. The van der Waals surface area contributed by atoms with Crippen LogP contribution in [0.15, 0.2) is 182 Å². The Labute approximate surface area is 296 Å². The van der Waals surface area contributed by atoms with Gasteiger partial charge in [-0.05, 0) is 68.2 Å². The summed E-state index contributed by atoms with van der Waals surface area (Å²) in [5.41, 5.74) is 11.8. The summed E-state index contributed by atoms with van der Waals surface area (Å²) in [6.07, 6.45) is 0. The van der Waals surface area contributed by atoms with E-state index in [-0.39, 0.29) is 0 Å². The number of ether oxygens (including phenoxy) is 1. The molecular formula is C48H30N2O. The highest BCUT2D eigenvalue weighted by Gasteiger charge is 2.21. The standard InChI is InChI=1S/C48H30N2O/c1-3-11-31(12-4-1)32-21-23-33(24-22-32)43-30-44(50-48(49-43)35-13-5-2-6-14-35)40-28-27-37(38-17-7-8-18-39(38)40)36-25-26-41-42-19-9-15-34-16-10-20-45(47(34)42)51-46(41)29-36/h1-30H. The third-order valence-corrected chi connectivity index (χ3v) is 9.92. The van der Waals surface area contributed by atoms with Crippen LogP contribution in [-0.2, 0) is 0 Å². The lowest BCUT2D eigenvalue weighted by Gasteiger charge is -2.22. The molecule has 0 spiro atoms. The van der Waals surface area contributed by atoms with Crippen molar-refractivity contribution in [2.75, 3.05) is 0 Å². The Bertz CT molecular complexity index is 2750. The molecule has 0 radical (unpaired) electrons. The van der Waals surface area contributed by atoms with Crippen molar-refractivity contribution >= 4 is 21.5 Å². The second-order valence-electron chi connectivity index (χ2n) is 13.0. The summed E-state index contributed by atoms with van der Waals surface area (Å²) in [4.78, 5) is 10.3. The van der Waals surface area contributed by atoms with Crippen LogP contribution < -0.4 is 4.74 Å². The molecule has 2 heterocycles. The number of rotatable bonds is 5. The SMILES string of the molecule is c1ccc(-c2ccc(-c3cc(-c4ccc(-c5ccc6c(c5)Oc5cccc7cccc-6c57)c5ccccc45)nc(-c4ccccc4)n3)cc2)cc1. The largest absolute Gasteiger partial charge is 0.456 e. The molecule has 0 unspecified atom stereocenters. The molecule has 0 atom stereocenters. The molecular weight excluding hydrogens is 621 g/mol. The Morgan fingerprint density at radius 1 is 0.333 bits per heavy atom. The van der Waals surface area contributed by atoms with E-state index in [9.17, 15) is 0 Å². The van der Waals surface area contributed by atoms with Gasteiger partial charge in [-0.2, -0.15) is 0 Å². The van der Waals surface area contributed by atoms with Gasteiger partial charge < -0.3 is 4.74 Å². The summed E-state index contributed by atoms with van der Waals surface area (Å²) in [5, 5.41) is 4.64. The van der Waals surface area contributed by atoms with E-state index in [1.807, 2.05) is 24.3 Å². The van der Waals surface area contributed by atoms with Crippen LogP contribution in [0.4, 0.5) is 0 Å². The van der Waals surface area contributed by atoms with Gasteiger partial charge in [0, 0.05) is 27.6 Å². The van der Waals surface area contributed by atoms with E-state index in [1.54, 1.807) is 0 Å². The normalized spacial score (nSPS) is 11.7. The second-order valence-corrected chi connectivity index (χ2v) is 13.0. The van der Waals surface area contributed by atoms with Crippen LogP contribution in [0.2, 0.25) is 0 Å². The number of aromatic nitrogens is 2. The maximum absolute atomic E-state index is 6.54. The van der Waals surface area contributed by atoms with E-state index >= 15 is 0 Å². The molecule has 8 aromatic carbocycles. The van der Waals surface area contributed by atoms with Crippen LogP contribution in [0, 0.1) is 0 Å². The van der Waals surface area contributed by atoms with Gasteiger partial charge in [-0.1, -0.05) is 158 Å². The van der Waals surface area contributed by atoms with Crippen LogP contribution in [0.25, 0.3) is 88.8 Å². The van der Waals surface area contributed by atoms with E-state index in [0.29, 0.717) is 5.82 Å². The minimum Gasteiger partial charge on any atom is -0.456 e. The van der Waals surface area contributed by atoms with Crippen molar-refractivity contribution in [3.63, 3.8) is 0 Å². The topological polar surface area (TPSA) is 35.0 Å². The summed E-state index contributed by atoms with van der Waals surface area (Å²) >= 11 is 0. The maximum Gasteiger partial charge on any atom is 0.160 e. The van der Waals surface area contributed by atoms with Gasteiger partial charge in [0.15, 0.2) is 5.82 Å². The Morgan fingerprint density at radius 2 is 0.922 bits per heavy atom. The first kappa shape index (κ1) is 29.1. The van der Waals surface area contributed by atoms with Gasteiger partial charge in [-0.25, -0.2) is 9.97 Å². The Morgan fingerprint density at radius 3 is 1.71 bits per heavy atom. The van der Waals surface area contributed by atoms with Gasteiger partial charge in [-0.15, -0.1) is 0 Å². The minimum atomic E-state index is 0.700. The zero-order valence-electron chi connectivity index (χ0n) is 27.6. The number of hydrogen-bond donors (Lipinski definition) is 0. The van der Waals surface area contributed by atoms with E-state index in [0.717, 1.165) is 67.0 Å². The summed E-state index contributed by atoms with van der Waals surface area (Å²) in [6, 6.07) is 63.8. The van der Waals surface area contributed by atoms with Crippen LogP contribution in [-0.4, -0.2) is 9.97 Å². The summed E-state index contributed by atoms with van der Waals surface area (Å²) in [7, 11) is 0. The molecule has 3 nitrogen and oxygen atoms in total. The smallest absolute Gasteiger partial charge is 0.160 e. The van der Waals surface area contributed by atoms with Crippen molar-refractivity contribution in [2.24, 2.45) is 0 Å². The monoisotopic (exact) mass is 650 g/mol. The van der Waals surface area contributed by atoms with E-state index in [1.165, 1.54) is 27.5 Å². The molecule has 10 rings (SSSR count). The van der Waals surface area contributed by atoms with Gasteiger partial charge in [0.25, 0.3) is 0 Å². The second kappa shape index (κ2) is 11.9. The van der Waals surface area contributed by atoms with Crippen LogP contribution in [0.3, 0.4) is 0 Å². The quantitative estimate of drug-likeness (QED) is 0.186. The third kappa shape index (κ3) is 5.06. The van der Waals surface area contributed by atoms with Crippen LogP contribution in [0.5, 0.6) is 11.5 Å². The molecule has 0 fully saturated rings. The third-order valence-electron chi connectivity index (χ3n) is 9.92. The van der Waals surface area contributed by atoms with Crippen molar-refractivity contribution in [3.05, 3.63) is 182 Å². The van der Waals surface area contributed by atoms with Crippen LogP contribution in [0.1, 0.15) is 0 Å². The lowest BCUT2D eigenvalue weighted by Crippen LogP contribution is -1.98. The average molecular weight is 651 g/mol. The van der Waals surface area contributed by atoms with Gasteiger partial charge in [0.1, 0.15) is 11.5 Å². The zero-order chi connectivity index (χ0) is 33.7. The van der Waals surface area contributed by atoms with Gasteiger partial charge in [-0.3, -0.25) is 0 Å². The molecule has 9 aromatic rings. The van der Waals surface area contributed by atoms with Gasteiger partial charge >= 0.3 is 0 Å². The highest BCUT2D eigenvalue weighted by molar-refractivity contribution is 6.07. The molecule has 0 amide bonds. The van der Waals surface area contributed by atoms with E-state index < -0.39 is 0 Å². The van der Waals surface area contributed by atoms with Gasteiger partial charge in [0.2, 0.25) is 0 Å². The van der Waals surface area contributed by atoms with Crippen molar-refractivity contribution < 1.29 is 4.74 Å². The summed E-state index contributed by atoms with van der Waals surface area (Å²) in [5.74, 6) is 2.47. The number of fused-ring (bicyclic) bond motifs is 3. The average Bonchev–Trinajstić information content (AvgIpc) is 3.21. The van der Waals surface area contributed by atoms with Crippen molar-refractivity contribution in [1.82, 2.24) is 9.97 Å². The maximum atomic E-state index is 6.54. The number of hydrogen-bond acceptors (Lipinski definition) is 3. The fourth-order valence-electron chi connectivity index (χ4n) is 7.42. The molecule has 0 bridgehead atoms. The highest BCUT2D eigenvalue weighted by Crippen LogP contribution is 2.48. The Kier molecular flexibility index (Phi) is 6.81. The first-order chi connectivity index (χ1) is 25.3. The predicted molar refractivity (Wildman–Crippen MR) is 210 cm³/mol. The fourth-order valence-corrected chi connectivity index (χ4v) is 7.42. The molecule has 1 aromatic heterocycles. The van der Waals surface area contributed by atoms with E-state index in [2.05, 4.69) is 158 Å². The lowest BCUT2D eigenvalue weighted by molar-refractivity contribution is 0.487. The Hall–Kier alpha value is -6.84. The molecule has 0 aliphatic carbocycles. The van der Waals surface area contributed by atoms with Crippen molar-refractivity contribution in [3.8, 4) is 78.8 Å². The first-order valence-corrected chi connectivity index (χ1v) is 17.2. The molecule has 51 heavy (non-hydrogen) atoms. The molecule has 1 aliphatic rings. The molecule has 0 N–H and O–H groups in total. The van der Waals surface area contributed by atoms with Crippen LogP contribution >= 0.6 is 0 Å². The van der Waals surface area contributed by atoms with Crippen molar-refractivity contribution in [1.29, 1.82) is 0 Å². The van der Waals surface area contributed by atoms with E-state index in [4.69, 9.17) is 14.7 Å². The highest BCUT2D eigenvalue weighted by atomic mass is 16.5. The molecule has 0 saturated heterocycles. The minimum absolute atomic E-state index is 0.700. The summed E-state index contributed by atoms with van der Waals surface area (Å²) < 4.78 is 6.54. The van der Waals surface area contributed by atoms with Gasteiger partial charge in [0.05, 0.1) is 11.4 Å². The first-order valence-electron chi connectivity index (χ1n) is 17.2. The molecule has 1 aliphatic heterocycles. The molecule has 238 valence electrons. The lowest BCUT2D eigenvalue weighted by atomic mass is 9.90. The molecule has 0 saturated carbocycles. The van der Waals surface area contributed by atoms with Crippen molar-refractivity contribution in [2.45, 2.75) is 0 Å². The zero-order valence-corrected chi connectivity index (χ0v) is 27.6. The number of benzene rings is 8. The number of nitrogens with zero attached hydrogens (tertiary/aromatic N) is 2. The Balaban J connectivity index is 1.09. The molecule has 3 heteroatoms. The predicted octanol–water partition coefficient (Wildman–Crippen LogP) is 12.9. The summed E-state index contributed by atoms with van der Waals surface area (Å²) in [6.45, 7) is 0.